The second-order valence-electron chi connectivity index (χ2n) is 6.14. The SMILES string of the molecule is O=C(CSc1nnnn1-c1ccc(O)cc1)Nc1ccccc1-c1ccccc1. The highest BCUT2D eigenvalue weighted by Crippen LogP contribution is 2.28. The Morgan fingerprint density at radius 2 is 1.69 bits per heavy atom. The lowest BCUT2D eigenvalue weighted by Gasteiger charge is -2.11. The van der Waals surface area contributed by atoms with Gasteiger partial charge in [-0.2, -0.15) is 4.68 Å². The van der Waals surface area contributed by atoms with Crippen molar-refractivity contribution in [1.29, 1.82) is 0 Å². The van der Waals surface area contributed by atoms with Crippen molar-refractivity contribution in [2.75, 3.05) is 11.1 Å². The molecule has 4 aromatic rings. The first-order valence-corrected chi connectivity index (χ1v) is 9.84. The molecule has 0 spiro atoms. The number of thioether (sulfide) groups is 1. The van der Waals surface area contributed by atoms with Crippen LogP contribution in [0.25, 0.3) is 16.8 Å². The van der Waals surface area contributed by atoms with Crippen molar-refractivity contribution in [2.45, 2.75) is 5.16 Å². The van der Waals surface area contributed by atoms with E-state index in [0.29, 0.717) is 10.8 Å². The fourth-order valence-electron chi connectivity index (χ4n) is 2.80. The zero-order valence-electron chi connectivity index (χ0n) is 15.3. The van der Waals surface area contributed by atoms with E-state index in [9.17, 15) is 9.90 Å². The number of anilines is 1. The van der Waals surface area contributed by atoms with E-state index in [4.69, 9.17) is 0 Å². The number of aromatic nitrogens is 4. The van der Waals surface area contributed by atoms with Gasteiger partial charge < -0.3 is 10.4 Å². The molecule has 1 aromatic heterocycles. The van der Waals surface area contributed by atoms with Gasteiger partial charge in [-0.15, -0.1) is 5.10 Å². The van der Waals surface area contributed by atoms with Gasteiger partial charge in [0.15, 0.2) is 0 Å². The highest BCUT2D eigenvalue weighted by Gasteiger charge is 2.13. The maximum absolute atomic E-state index is 12.5. The molecule has 1 heterocycles. The van der Waals surface area contributed by atoms with E-state index < -0.39 is 0 Å². The number of phenols is 1. The van der Waals surface area contributed by atoms with E-state index in [-0.39, 0.29) is 17.4 Å². The van der Waals surface area contributed by atoms with E-state index in [2.05, 4.69) is 20.8 Å². The smallest absolute Gasteiger partial charge is 0.234 e. The van der Waals surface area contributed by atoms with Gasteiger partial charge in [0.25, 0.3) is 0 Å². The number of hydrogen-bond acceptors (Lipinski definition) is 6. The number of nitrogens with zero attached hydrogens (tertiary/aromatic N) is 4. The summed E-state index contributed by atoms with van der Waals surface area (Å²) in [7, 11) is 0. The molecule has 0 aliphatic carbocycles. The Kier molecular flexibility index (Phi) is 5.53. The predicted octanol–water partition coefficient (Wildman–Crippen LogP) is 3.77. The molecule has 29 heavy (non-hydrogen) atoms. The van der Waals surface area contributed by atoms with Crippen LogP contribution in [-0.2, 0) is 4.79 Å². The maximum atomic E-state index is 12.5. The van der Waals surface area contributed by atoms with Crippen molar-refractivity contribution in [3.63, 3.8) is 0 Å². The normalized spacial score (nSPS) is 10.6. The number of hydrogen-bond donors (Lipinski definition) is 2. The van der Waals surface area contributed by atoms with Crippen LogP contribution in [0.5, 0.6) is 5.75 Å². The van der Waals surface area contributed by atoms with Gasteiger partial charge in [-0.3, -0.25) is 4.79 Å². The molecular weight excluding hydrogens is 386 g/mol. The summed E-state index contributed by atoms with van der Waals surface area (Å²) in [6.07, 6.45) is 0. The van der Waals surface area contributed by atoms with Crippen molar-refractivity contribution in [3.05, 3.63) is 78.9 Å². The molecule has 2 N–H and O–H groups in total. The van der Waals surface area contributed by atoms with Crippen LogP contribution in [0.15, 0.2) is 84.0 Å². The average molecular weight is 403 g/mol. The average Bonchev–Trinajstić information content (AvgIpc) is 3.22. The van der Waals surface area contributed by atoms with Crippen molar-refractivity contribution in [2.24, 2.45) is 0 Å². The van der Waals surface area contributed by atoms with Crippen LogP contribution in [0.2, 0.25) is 0 Å². The third kappa shape index (κ3) is 4.44. The van der Waals surface area contributed by atoms with Crippen molar-refractivity contribution >= 4 is 23.4 Å². The molecule has 0 aliphatic rings. The highest BCUT2D eigenvalue weighted by molar-refractivity contribution is 7.99. The minimum absolute atomic E-state index is 0.154. The molecule has 0 fully saturated rings. The number of amides is 1. The predicted molar refractivity (Wildman–Crippen MR) is 112 cm³/mol. The summed E-state index contributed by atoms with van der Waals surface area (Å²) in [6, 6.07) is 24.1. The lowest BCUT2D eigenvalue weighted by Crippen LogP contribution is -2.15. The molecule has 3 aromatic carbocycles. The lowest BCUT2D eigenvalue weighted by molar-refractivity contribution is -0.113. The molecule has 0 radical (unpaired) electrons. The first-order chi connectivity index (χ1) is 14.2. The molecule has 0 atom stereocenters. The molecule has 0 bridgehead atoms. The number of aromatic hydroxyl groups is 1. The maximum Gasteiger partial charge on any atom is 0.234 e. The largest absolute Gasteiger partial charge is 0.508 e. The summed E-state index contributed by atoms with van der Waals surface area (Å²) >= 11 is 1.23. The topological polar surface area (TPSA) is 92.9 Å². The Morgan fingerprint density at radius 3 is 2.48 bits per heavy atom. The Labute approximate surface area is 171 Å². The Morgan fingerprint density at radius 1 is 0.966 bits per heavy atom. The lowest BCUT2D eigenvalue weighted by atomic mass is 10.0. The number of nitrogens with one attached hydrogen (secondary N) is 1. The van der Waals surface area contributed by atoms with Gasteiger partial charge in [-0.05, 0) is 46.3 Å². The second kappa shape index (κ2) is 8.57. The van der Waals surface area contributed by atoms with E-state index in [0.717, 1.165) is 16.8 Å². The molecule has 0 saturated heterocycles. The molecule has 4 rings (SSSR count). The van der Waals surface area contributed by atoms with Crippen molar-refractivity contribution < 1.29 is 9.90 Å². The highest BCUT2D eigenvalue weighted by atomic mass is 32.2. The third-order valence-corrected chi connectivity index (χ3v) is 5.07. The number of phenolic OH excluding ortho intramolecular Hbond substituents is 1. The monoisotopic (exact) mass is 403 g/mol. The molecule has 7 nitrogen and oxygen atoms in total. The van der Waals surface area contributed by atoms with Gasteiger partial charge in [0, 0.05) is 11.3 Å². The first kappa shape index (κ1) is 18.7. The van der Waals surface area contributed by atoms with Crippen LogP contribution in [0.1, 0.15) is 0 Å². The van der Waals surface area contributed by atoms with E-state index >= 15 is 0 Å². The van der Waals surface area contributed by atoms with Gasteiger partial charge in [0.05, 0.1) is 11.4 Å². The molecule has 0 saturated carbocycles. The van der Waals surface area contributed by atoms with Crippen LogP contribution in [-0.4, -0.2) is 37.0 Å². The summed E-state index contributed by atoms with van der Waals surface area (Å²) < 4.78 is 1.52. The fraction of sp³-hybridized carbons (Fsp3) is 0.0476. The number of para-hydroxylation sites is 1. The zero-order chi connectivity index (χ0) is 20.1. The molecule has 8 heteroatoms. The second-order valence-corrected chi connectivity index (χ2v) is 7.08. The first-order valence-electron chi connectivity index (χ1n) is 8.85. The number of tetrazole rings is 1. The summed E-state index contributed by atoms with van der Waals surface area (Å²) in [6.45, 7) is 0. The molecule has 1 amide bonds. The quantitative estimate of drug-likeness (QED) is 0.476. The Hall–Kier alpha value is -3.65. The number of benzene rings is 3. The fourth-order valence-corrected chi connectivity index (χ4v) is 3.49. The summed E-state index contributed by atoms with van der Waals surface area (Å²) in [5, 5.41) is 24.5. The molecule has 0 unspecified atom stereocenters. The number of carbonyl (C=O) groups excluding carboxylic acids is 1. The van der Waals surface area contributed by atoms with Crippen molar-refractivity contribution in [3.8, 4) is 22.6 Å². The van der Waals surface area contributed by atoms with Crippen LogP contribution < -0.4 is 5.32 Å². The van der Waals surface area contributed by atoms with Gasteiger partial charge >= 0.3 is 0 Å². The van der Waals surface area contributed by atoms with Crippen molar-refractivity contribution in [1.82, 2.24) is 20.2 Å². The summed E-state index contributed by atoms with van der Waals surface area (Å²) in [5.41, 5.74) is 3.44. The van der Waals surface area contributed by atoms with Crippen LogP contribution >= 0.6 is 11.8 Å². The van der Waals surface area contributed by atoms with Gasteiger partial charge in [-0.25, -0.2) is 0 Å². The van der Waals surface area contributed by atoms with Gasteiger partial charge in [-0.1, -0.05) is 60.3 Å². The third-order valence-electron chi connectivity index (χ3n) is 4.15. The van der Waals surface area contributed by atoms with Gasteiger partial charge in [0.1, 0.15) is 5.75 Å². The Bertz CT molecular complexity index is 1110. The number of rotatable bonds is 6. The molecular formula is C21H17N5O2S. The minimum Gasteiger partial charge on any atom is -0.508 e. The standard InChI is InChI=1S/C21H17N5O2S/c27-17-12-10-16(11-13-17)26-21(23-24-25-26)29-14-20(28)22-19-9-5-4-8-18(19)15-6-2-1-3-7-15/h1-13,27H,14H2,(H,22,28). The summed E-state index contributed by atoms with van der Waals surface area (Å²) in [5.74, 6) is 0.160. The number of carbonyl (C=O) groups is 1. The van der Waals surface area contributed by atoms with E-state index in [1.165, 1.54) is 16.4 Å². The van der Waals surface area contributed by atoms with Crippen LogP contribution in [0.3, 0.4) is 0 Å². The van der Waals surface area contributed by atoms with Crippen LogP contribution in [0, 0.1) is 0 Å². The van der Waals surface area contributed by atoms with Crippen LogP contribution in [0.4, 0.5) is 5.69 Å². The molecule has 144 valence electrons. The Balaban J connectivity index is 1.45. The van der Waals surface area contributed by atoms with E-state index in [1.54, 1.807) is 24.3 Å². The van der Waals surface area contributed by atoms with Gasteiger partial charge in [0.2, 0.25) is 11.1 Å². The zero-order valence-corrected chi connectivity index (χ0v) is 16.1. The van der Waals surface area contributed by atoms with E-state index in [1.807, 2.05) is 54.6 Å². The molecule has 0 aliphatic heterocycles. The summed E-state index contributed by atoms with van der Waals surface area (Å²) in [4.78, 5) is 12.5. The minimum atomic E-state index is -0.154.